The summed E-state index contributed by atoms with van der Waals surface area (Å²) < 4.78 is 34.8. The number of pyridine rings is 1. The molecule has 9 heteroatoms. The SMILES string of the molecule is Cc1nn(C)c2ncc(S(=O)(=O)N3CCC(OCCCN)CC3)cc12. The van der Waals surface area contributed by atoms with E-state index in [4.69, 9.17) is 10.5 Å². The van der Waals surface area contributed by atoms with Gasteiger partial charge in [-0.2, -0.15) is 9.40 Å². The Hall–Kier alpha value is -1.55. The second kappa shape index (κ2) is 7.36. The molecule has 1 aliphatic rings. The van der Waals surface area contributed by atoms with Gasteiger partial charge >= 0.3 is 0 Å². The molecular weight excluding hydrogens is 342 g/mol. The number of nitrogens with two attached hydrogens (primary N) is 1. The van der Waals surface area contributed by atoms with Crippen molar-refractivity contribution in [1.82, 2.24) is 19.1 Å². The van der Waals surface area contributed by atoms with Gasteiger partial charge in [0.25, 0.3) is 0 Å². The van der Waals surface area contributed by atoms with Gasteiger partial charge in [-0.1, -0.05) is 0 Å². The monoisotopic (exact) mass is 367 g/mol. The smallest absolute Gasteiger partial charge is 0.244 e. The van der Waals surface area contributed by atoms with Gasteiger partial charge in [0.1, 0.15) is 4.90 Å². The van der Waals surface area contributed by atoms with Crippen molar-refractivity contribution >= 4 is 21.1 Å². The third-order valence-electron chi connectivity index (χ3n) is 4.58. The highest BCUT2D eigenvalue weighted by molar-refractivity contribution is 7.89. The van der Waals surface area contributed by atoms with E-state index in [-0.39, 0.29) is 11.0 Å². The summed E-state index contributed by atoms with van der Waals surface area (Å²) in [5.74, 6) is 0. The van der Waals surface area contributed by atoms with E-state index in [2.05, 4.69) is 10.1 Å². The van der Waals surface area contributed by atoms with Crippen LogP contribution in [0.5, 0.6) is 0 Å². The van der Waals surface area contributed by atoms with Crippen LogP contribution in [0, 0.1) is 6.92 Å². The van der Waals surface area contributed by atoms with Crippen LogP contribution in [-0.2, 0) is 21.8 Å². The van der Waals surface area contributed by atoms with E-state index in [0.717, 1.165) is 17.5 Å². The second-order valence-corrected chi connectivity index (χ2v) is 8.31. The molecule has 0 spiro atoms. The number of sulfonamides is 1. The molecule has 138 valence electrons. The Balaban J connectivity index is 1.73. The molecule has 0 amide bonds. The quantitative estimate of drug-likeness (QED) is 0.757. The van der Waals surface area contributed by atoms with Crippen molar-refractivity contribution in [3.8, 4) is 0 Å². The fourth-order valence-corrected chi connectivity index (χ4v) is 4.59. The van der Waals surface area contributed by atoms with Crippen LogP contribution in [0.25, 0.3) is 11.0 Å². The average Bonchev–Trinajstić information content (AvgIpc) is 2.89. The van der Waals surface area contributed by atoms with Crippen molar-refractivity contribution in [2.75, 3.05) is 26.2 Å². The van der Waals surface area contributed by atoms with Crippen molar-refractivity contribution in [2.24, 2.45) is 12.8 Å². The molecule has 0 radical (unpaired) electrons. The third-order valence-corrected chi connectivity index (χ3v) is 6.44. The molecular formula is C16H25N5O3S. The van der Waals surface area contributed by atoms with Crippen molar-refractivity contribution in [3.63, 3.8) is 0 Å². The van der Waals surface area contributed by atoms with Gasteiger partial charge in [-0.25, -0.2) is 13.4 Å². The van der Waals surface area contributed by atoms with Crippen LogP contribution in [0.15, 0.2) is 17.2 Å². The van der Waals surface area contributed by atoms with Crippen LogP contribution >= 0.6 is 0 Å². The third kappa shape index (κ3) is 3.69. The Bertz CT molecular complexity index is 841. The molecule has 3 heterocycles. The predicted octanol–water partition coefficient (Wildman–Crippen LogP) is 0.795. The molecule has 3 rings (SSSR count). The molecule has 25 heavy (non-hydrogen) atoms. The lowest BCUT2D eigenvalue weighted by atomic mass is 10.1. The fourth-order valence-electron chi connectivity index (χ4n) is 3.15. The van der Waals surface area contributed by atoms with E-state index in [1.54, 1.807) is 17.8 Å². The molecule has 0 aromatic carbocycles. The number of ether oxygens (including phenoxy) is 1. The topological polar surface area (TPSA) is 103 Å². The summed E-state index contributed by atoms with van der Waals surface area (Å²) in [6.45, 7) is 4.01. The first kappa shape index (κ1) is 18.2. The molecule has 1 fully saturated rings. The van der Waals surface area contributed by atoms with Crippen molar-refractivity contribution in [3.05, 3.63) is 18.0 Å². The second-order valence-electron chi connectivity index (χ2n) is 6.37. The maximum Gasteiger partial charge on any atom is 0.244 e. The van der Waals surface area contributed by atoms with Crippen molar-refractivity contribution < 1.29 is 13.2 Å². The lowest BCUT2D eigenvalue weighted by Gasteiger charge is -2.31. The lowest BCUT2D eigenvalue weighted by molar-refractivity contribution is 0.0209. The normalized spacial score (nSPS) is 17.4. The first-order chi connectivity index (χ1) is 11.9. The summed E-state index contributed by atoms with van der Waals surface area (Å²) in [6.07, 6.45) is 3.76. The van der Waals surface area contributed by atoms with E-state index in [1.165, 1.54) is 10.5 Å². The lowest BCUT2D eigenvalue weighted by Crippen LogP contribution is -2.41. The van der Waals surface area contributed by atoms with Crippen LogP contribution in [0.3, 0.4) is 0 Å². The van der Waals surface area contributed by atoms with Crippen LogP contribution in [-0.4, -0.2) is 59.8 Å². The minimum atomic E-state index is -3.55. The molecule has 2 N–H and O–H groups in total. The fraction of sp³-hybridized carbons (Fsp3) is 0.625. The molecule has 8 nitrogen and oxygen atoms in total. The molecule has 0 bridgehead atoms. The van der Waals surface area contributed by atoms with E-state index in [9.17, 15) is 8.42 Å². The van der Waals surface area contributed by atoms with Gasteiger partial charge in [-0.15, -0.1) is 0 Å². The maximum absolute atomic E-state index is 12.9. The van der Waals surface area contributed by atoms with Gasteiger partial charge < -0.3 is 10.5 Å². The predicted molar refractivity (Wildman–Crippen MR) is 94.7 cm³/mol. The van der Waals surface area contributed by atoms with E-state index in [0.29, 0.717) is 44.7 Å². The molecule has 2 aromatic rings. The number of piperidine rings is 1. The highest BCUT2D eigenvalue weighted by atomic mass is 32.2. The maximum atomic E-state index is 12.9. The van der Waals surface area contributed by atoms with Crippen LogP contribution in [0.1, 0.15) is 25.0 Å². The van der Waals surface area contributed by atoms with E-state index in [1.807, 2.05) is 6.92 Å². The standard InChI is InChI=1S/C16H25N5O3S/c1-12-15-10-14(11-18-16(15)20(2)19-12)25(22,23)21-7-4-13(5-8-21)24-9-3-6-17/h10-11,13H,3-9,17H2,1-2H3. The van der Waals surface area contributed by atoms with E-state index < -0.39 is 10.0 Å². The van der Waals surface area contributed by atoms with Gasteiger partial charge in [0.15, 0.2) is 5.65 Å². The summed E-state index contributed by atoms with van der Waals surface area (Å²) in [7, 11) is -1.75. The van der Waals surface area contributed by atoms with Crippen LogP contribution < -0.4 is 5.73 Å². The number of rotatable bonds is 6. The van der Waals surface area contributed by atoms with Gasteiger partial charge in [0, 0.05) is 38.3 Å². The number of fused-ring (bicyclic) bond motifs is 1. The summed E-state index contributed by atoms with van der Waals surface area (Å²) in [5.41, 5.74) is 6.92. The molecule has 0 aliphatic carbocycles. The van der Waals surface area contributed by atoms with Crippen molar-refractivity contribution in [2.45, 2.75) is 37.2 Å². The summed E-state index contributed by atoms with van der Waals surface area (Å²) in [5, 5.41) is 5.06. The largest absolute Gasteiger partial charge is 0.378 e. The van der Waals surface area contributed by atoms with Crippen LogP contribution in [0.4, 0.5) is 0 Å². The molecule has 0 atom stereocenters. The number of aromatic nitrogens is 3. The highest BCUT2D eigenvalue weighted by Crippen LogP contribution is 2.25. The zero-order valence-corrected chi connectivity index (χ0v) is 15.5. The first-order valence-electron chi connectivity index (χ1n) is 8.54. The summed E-state index contributed by atoms with van der Waals surface area (Å²) in [6, 6.07) is 1.67. The molecule has 1 saturated heterocycles. The Kier molecular flexibility index (Phi) is 5.38. The van der Waals surface area contributed by atoms with Gasteiger partial charge in [-0.3, -0.25) is 4.68 Å². The van der Waals surface area contributed by atoms with Crippen LogP contribution in [0.2, 0.25) is 0 Å². The zero-order valence-electron chi connectivity index (χ0n) is 14.7. The molecule has 0 unspecified atom stereocenters. The first-order valence-corrected chi connectivity index (χ1v) is 9.98. The van der Waals surface area contributed by atoms with Gasteiger partial charge in [0.05, 0.1) is 11.8 Å². The average molecular weight is 367 g/mol. The Morgan fingerprint density at radius 1 is 1.36 bits per heavy atom. The Morgan fingerprint density at radius 2 is 2.08 bits per heavy atom. The molecule has 2 aromatic heterocycles. The van der Waals surface area contributed by atoms with Crippen molar-refractivity contribution in [1.29, 1.82) is 0 Å². The minimum absolute atomic E-state index is 0.110. The minimum Gasteiger partial charge on any atom is -0.378 e. The Morgan fingerprint density at radius 3 is 2.76 bits per heavy atom. The molecule has 0 saturated carbocycles. The number of hydrogen-bond donors (Lipinski definition) is 1. The number of nitrogens with zero attached hydrogens (tertiary/aromatic N) is 4. The zero-order chi connectivity index (χ0) is 18.0. The summed E-state index contributed by atoms with van der Waals surface area (Å²) >= 11 is 0. The highest BCUT2D eigenvalue weighted by Gasteiger charge is 2.30. The molecule has 1 aliphatic heterocycles. The summed E-state index contributed by atoms with van der Waals surface area (Å²) in [4.78, 5) is 4.51. The van der Waals surface area contributed by atoms with E-state index >= 15 is 0 Å². The number of aryl methyl sites for hydroxylation is 2. The number of hydrogen-bond acceptors (Lipinski definition) is 6. The Labute approximate surface area is 148 Å². The van der Waals surface area contributed by atoms with Gasteiger partial charge in [-0.05, 0) is 38.8 Å². The van der Waals surface area contributed by atoms with Gasteiger partial charge in [0.2, 0.25) is 10.0 Å².